The summed E-state index contributed by atoms with van der Waals surface area (Å²) in [6.07, 6.45) is 5.25. The average molecular weight is 260 g/mol. The Morgan fingerprint density at radius 2 is 1.84 bits per heavy atom. The Kier molecular flexibility index (Phi) is 4.64. The number of fused-ring (bicyclic) bond motifs is 1. The van der Waals surface area contributed by atoms with Crippen molar-refractivity contribution >= 4 is 0 Å². The summed E-state index contributed by atoms with van der Waals surface area (Å²) in [6, 6.07) is 7.06. The standard InChI is InChI=1S/C17H28N2/c1-17(2,12-18)13-19(3)11-14-8-9-15-6-4-5-7-16(15)10-14/h8-10H,4-7,11-13,18H2,1-3H3. The van der Waals surface area contributed by atoms with Gasteiger partial charge in [0.25, 0.3) is 0 Å². The summed E-state index contributed by atoms with van der Waals surface area (Å²) >= 11 is 0. The number of rotatable bonds is 5. The van der Waals surface area contributed by atoms with Crippen molar-refractivity contribution < 1.29 is 0 Å². The summed E-state index contributed by atoms with van der Waals surface area (Å²) in [5, 5.41) is 0. The van der Waals surface area contributed by atoms with Crippen LogP contribution < -0.4 is 5.73 Å². The van der Waals surface area contributed by atoms with E-state index >= 15 is 0 Å². The Bertz CT molecular complexity index is 423. The zero-order chi connectivity index (χ0) is 13.9. The van der Waals surface area contributed by atoms with Gasteiger partial charge in [-0.3, -0.25) is 0 Å². The van der Waals surface area contributed by atoms with Gasteiger partial charge in [-0.1, -0.05) is 32.0 Å². The molecule has 0 unspecified atom stereocenters. The lowest BCUT2D eigenvalue weighted by Crippen LogP contribution is -2.36. The molecule has 2 heteroatoms. The van der Waals surface area contributed by atoms with Crippen LogP contribution in [0.25, 0.3) is 0 Å². The van der Waals surface area contributed by atoms with Gasteiger partial charge in [0.1, 0.15) is 0 Å². The van der Waals surface area contributed by atoms with E-state index in [9.17, 15) is 0 Å². The average Bonchev–Trinajstić information content (AvgIpc) is 2.38. The van der Waals surface area contributed by atoms with Crippen LogP contribution in [-0.4, -0.2) is 25.0 Å². The lowest BCUT2D eigenvalue weighted by atomic mass is 9.90. The van der Waals surface area contributed by atoms with Gasteiger partial charge in [0, 0.05) is 13.1 Å². The van der Waals surface area contributed by atoms with Gasteiger partial charge in [0.2, 0.25) is 0 Å². The van der Waals surface area contributed by atoms with E-state index in [1.165, 1.54) is 31.2 Å². The second-order valence-electron chi connectivity index (χ2n) is 6.85. The van der Waals surface area contributed by atoms with Crippen molar-refractivity contribution in [3.63, 3.8) is 0 Å². The number of benzene rings is 1. The van der Waals surface area contributed by atoms with E-state index in [2.05, 4.69) is 44.0 Å². The normalized spacial score (nSPS) is 15.6. The van der Waals surface area contributed by atoms with Gasteiger partial charge in [0.05, 0.1) is 0 Å². The van der Waals surface area contributed by atoms with Crippen LogP contribution in [0.5, 0.6) is 0 Å². The van der Waals surface area contributed by atoms with E-state index in [1.54, 1.807) is 11.1 Å². The molecule has 1 aromatic carbocycles. The first-order valence-corrected chi connectivity index (χ1v) is 7.49. The lowest BCUT2D eigenvalue weighted by Gasteiger charge is -2.29. The molecule has 1 aromatic rings. The van der Waals surface area contributed by atoms with Crippen LogP contribution >= 0.6 is 0 Å². The van der Waals surface area contributed by atoms with Crippen molar-refractivity contribution in [2.45, 2.75) is 46.1 Å². The fourth-order valence-corrected chi connectivity index (χ4v) is 3.05. The van der Waals surface area contributed by atoms with Gasteiger partial charge in [-0.15, -0.1) is 0 Å². The highest BCUT2D eigenvalue weighted by atomic mass is 15.1. The second-order valence-corrected chi connectivity index (χ2v) is 6.85. The van der Waals surface area contributed by atoms with Gasteiger partial charge < -0.3 is 10.6 Å². The van der Waals surface area contributed by atoms with Crippen molar-refractivity contribution in [1.82, 2.24) is 4.90 Å². The topological polar surface area (TPSA) is 29.3 Å². The molecule has 2 rings (SSSR count). The maximum absolute atomic E-state index is 5.81. The predicted molar refractivity (Wildman–Crippen MR) is 82.3 cm³/mol. The molecule has 0 radical (unpaired) electrons. The van der Waals surface area contributed by atoms with Crippen molar-refractivity contribution in [2.75, 3.05) is 20.1 Å². The molecule has 1 aliphatic carbocycles. The van der Waals surface area contributed by atoms with Gasteiger partial charge in [-0.25, -0.2) is 0 Å². The quantitative estimate of drug-likeness (QED) is 0.882. The van der Waals surface area contributed by atoms with E-state index in [-0.39, 0.29) is 5.41 Å². The third-order valence-corrected chi connectivity index (χ3v) is 4.12. The van der Waals surface area contributed by atoms with Crippen LogP contribution in [0, 0.1) is 5.41 Å². The highest BCUT2D eigenvalue weighted by molar-refractivity contribution is 5.33. The Hall–Kier alpha value is -0.860. The number of nitrogens with two attached hydrogens (primary N) is 1. The zero-order valence-electron chi connectivity index (χ0n) is 12.7. The molecule has 1 aliphatic rings. The zero-order valence-corrected chi connectivity index (χ0v) is 12.7. The van der Waals surface area contributed by atoms with Gasteiger partial charge in [0.15, 0.2) is 0 Å². The van der Waals surface area contributed by atoms with Crippen LogP contribution in [0.4, 0.5) is 0 Å². The monoisotopic (exact) mass is 260 g/mol. The van der Waals surface area contributed by atoms with Gasteiger partial charge in [-0.2, -0.15) is 0 Å². The molecule has 2 N–H and O–H groups in total. The van der Waals surface area contributed by atoms with E-state index in [1.807, 2.05) is 0 Å². The molecule has 0 fully saturated rings. The minimum Gasteiger partial charge on any atom is -0.330 e. The molecule has 19 heavy (non-hydrogen) atoms. The Morgan fingerprint density at radius 1 is 1.16 bits per heavy atom. The first kappa shape index (κ1) is 14.5. The molecule has 2 nitrogen and oxygen atoms in total. The van der Waals surface area contributed by atoms with Crippen LogP contribution in [-0.2, 0) is 19.4 Å². The van der Waals surface area contributed by atoms with E-state index < -0.39 is 0 Å². The third-order valence-electron chi connectivity index (χ3n) is 4.12. The van der Waals surface area contributed by atoms with Crippen molar-refractivity contribution in [1.29, 1.82) is 0 Å². The number of hydrogen-bond acceptors (Lipinski definition) is 2. The molecule has 0 aromatic heterocycles. The van der Waals surface area contributed by atoms with Crippen molar-refractivity contribution in [3.8, 4) is 0 Å². The maximum atomic E-state index is 5.81. The van der Waals surface area contributed by atoms with Gasteiger partial charge >= 0.3 is 0 Å². The van der Waals surface area contributed by atoms with Crippen LogP contribution in [0.1, 0.15) is 43.4 Å². The SMILES string of the molecule is CN(Cc1ccc2c(c1)CCCC2)CC(C)(C)CN. The second kappa shape index (κ2) is 6.06. The molecule has 0 atom stereocenters. The molecular formula is C17H28N2. The number of hydrogen-bond donors (Lipinski definition) is 1. The molecule has 0 aliphatic heterocycles. The van der Waals surface area contributed by atoms with Crippen LogP contribution in [0.2, 0.25) is 0 Å². The summed E-state index contributed by atoms with van der Waals surface area (Å²) in [4.78, 5) is 2.39. The fourth-order valence-electron chi connectivity index (χ4n) is 3.05. The van der Waals surface area contributed by atoms with Gasteiger partial charge in [-0.05, 0) is 61.4 Å². The molecule has 0 amide bonds. The molecule has 0 bridgehead atoms. The largest absolute Gasteiger partial charge is 0.330 e. The minimum atomic E-state index is 0.197. The van der Waals surface area contributed by atoms with Crippen molar-refractivity contribution in [2.24, 2.45) is 11.1 Å². The highest BCUT2D eigenvalue weighted by Crippen LogP contribution is 2.23. The Balaban J connectivity index is 1.99. The minimum absolute atomic E-state index is 0.197. The smallest absolute Gasteiger partial charge is 0.0231 e. The summed E-state index contributed by atoms with van der Waals surface area (Å²) in [5.41, 5.74) is 10.6. The third kappa shape index (κ3) is 4.05. The molecule has 0 saturated heterocycles. The maximum Gasteiger partial charge on any atom is 0.0231 e. The van der Waals surface area contributed by atoms with Crippen LogP contribution in [0.15, 0.2) is 18.2 Å². The summed E-state index contributed by atoms with van der Waals surface area (Å²) in [6.45, 7) is 7.27. The van der Waals surface area contributed by atoms with E-state index in [4.69, 9.17) is 5.73 Å². The molecule has 0 heterocycles. The molecular weight excluding hydrogens is 232 g/mol. The molecule has 106 valence electrons. The summed E-state index contributed by atoms with van der Waals surface area (Å²) < 4.78 is 0. The van der Waals surface area contributed by atoms with Crippen LogP contribution in [0.3, 0.4) is 0 Å². The Morgan fingerprint density at radius 3 is 2.53 bits per heavy atom. The predicted octanol–water partition coefficient (Wildman–Crippen LogP) is 2.98. The molecule has 0 spiro atoms. The van der Waals surface area contributed by atoms with E-state index in [0.717, 1.165) is 19.6 Å². The first-order valence-electron chi connectivity index (χ1n) is 7.49. The fraction of sp³-hybridized carbons (Fsp3) is 0.647. The number of nitrogens with zero attached hydrogens (tertiary/aromatic N) is 1. The van der Waals surface area contributed by atoms with E-state index in [0.29, 0.717) is 0 Å². The number of aryl methyl sites for hydroxylation is 2. The lowest BCUT2D eigenvalue weighted by molar-refractivity contribution is 0.210. The summed E-state index contributed by atoms with van der Waals surface area (Å²) in [5.74, 6) is 0. The van der Waals surface area contributed by atoms with Crippen molar-refractivity contribution in [3.05, 3.63) is 34.9 Å². The summed E-state index contributed by atoms with van der Waals surface area (Å²) in [7, 11) is 2.19. The first-order chi connectivity index (χ1) is 9.00. The Labute approximate surface area is 118 Å². The highest BCUT2D eigenvalue weighted by Gasteiger charge is 2.18. The molecule has 0 saturated carbocycles.